The molecular formula is C13H14BrN3S. The van der Waals surface area contributed by atoms with E-state index in [-0.39, 0.29) is 0 Å². The molecule has 0 saturated heterocycles. The lowest BCUT2D eigenvalue weighted by molar-refractivity contribution is 1.09. The van der Waals surface area contributed by atoms with Gasteiger partial charge in [-0.2, -0.15) is 0 Å². The van der Waals surface area contributed by atoms with E-state index >= 15 is 0 Å². The summed E-state index contributed by atoms with van der Waals surface area (Å²) in [6.45, 7) is 2.64. The Morgan fingerprint density at radius 2 is 2.22 bits per heavy atom. The minimum absolute atomic E-state index is 0.435. The van der Waals surface area contributed by atoms with Gasteiger partial charge in [-0.3, -0.25) is 0 Å². The van der Waals surface area contributed by atoms with Gasteiger partial charge in [-0.1, -0.05) is 12.1 Å². The number of aryl methyl sites for hydroxylation is 1. The molecule has 2 rings (SSSR count). The largest absolute Gasteiger partial charge is 0.370 e. The van der Waals surface area contributed by atoms with Gasteiger partial charge in [0, 0.05) is 10.6 Å². The first kappa shape index (κ1) is 13.1. The lowest BCUT2D eigenvalue weighted by Gasteiger charge is -2.05. The number of guanidine groups is 1. The minimum atomic E-state index is 0.435. The first-order valence-corrected chi connectivity index (χ1v) is 7.12. The molecule has 5 heteroatoms. The van der Waals surface area contributed by atoms with E-state index in [0.29, 0.717) is 12.5 Å². The van der Waals surface area contributed by atoms with E-state index in [1.807, 2.05) is 43.3 Å². The third-order valence-corrected chi connectivity index (χ3v) is 3.93. The maximum atomic E-state index is 5.84. The van der Waals surface area contributed by atoms with Gasteiger partial charge >= 0.3 is 0 Å². The topological polar surface area (TPSA) is 50.4 Å². The van der Waals surface area contributed by atoms with Crippen LogP contribution in [0.5, 0.6) is 0 Å². The summed E-state index contributed by atoms with van der Waals surface area (Å²) in [5.74, 6) is 0.435. The number of aliphatic imine (C=N–C) groups is 1. The fourth-order valence-electron chi connectivity index (χ4n) is 1.51. The molecule has 1 aromatic heterocycles. The molecule has 1 heterocycles. The summed E-state index contributed by atoms with van der Waals surface area (Å²) in [7, 11) is 0. The normalized spacial score (nSPS) is 11.6. The number of rotatable bonds is 3. The molecule has 0 atom stereocenters. The van der Waals surface area contributed by atoms with Gasteiger partial charge in [-0.25, -0.2) is 4.99 Å². The van der Waals surface area contributed by atoms with Crippen LogP contribution in [0.15, 0.2) is 45.2 Å². The van der Waals surface area contributed by atoms with Gasteiger partial charge in [-0.05, 0) is 52.7 Å². The summed E-state index contributed by atoms with van der Waals surface area (Å²) in [6, 6.07) is 12.1. The second kappa shape index (κ2) is 6.02. The second-order valence-electron chi connectivity index (χ2n) is 3.90. The summed E-state index contributed by atoms with van der Waals surface area (Å²) >= 11 is 5.09. The molecule has 3 N–H and O–H groups in total. The molecule has 0 amide bonds. The van der Waals surface area contributed by atoms with Gasteiger partial charge < -0.3 is 11.1 Å². The summed E-state index contributed by atoms with van der Waals surface area (Å²) < 4.78 is 1.11. The molecule has 0 bridgehead atoms. The van der Waals surface area contributed by atoms with Gasteiger partial charge in [0.1, 0.15) is 0 Å². The zero-order valence-corrected chi connectivity index (χ0v) is 12.4. The number of nitrogens with two attached hydrogens (primary N) is 1. The fraction of sp³-hybridized carbons (Fsp3) is 0.154. The highest BCUT2D eigenvalue weighted by Gasteiger charge is 1.98. The first-order chi connectivity index (χ1) is 8.63. The van der Waals surface area contributed by atoms with Crippen molar-refractivity contribution in [1.82, 2.24) is 0 Å². The zero-order chi connectivity index (χ0) is 13.0. The van der Waals surface area contributed by atoms with E-state index < -0.39 is 0 Å². The molecule has 0 spiro atoms. The SMILES string of the molecule is Cc1cccc(NC(N)=NCc2ccc(Br)s2)c1. The molecule has 0 unspecified atom stereocenters. The molecule has 0 aliphatic heterocycles. The third-order valence-electron chi connectivity index (χ3n) is 2.32. The van der Waals surface area contributed by atoms with Crippen molar-refractivity contribution >= 4 is 38.9 Å². The van der Waals surface area contributed by atoms with Crippen LogP contribution in [-0.2, 0) is 6.54 Å². The zero-order valence-electron chi connectivity index (χ0n) is 9.98. The average molecular weight is 324 g/mol. The molecule has 0 aliphatic carbocycles. The highest BCUT2D eigenvalue weighted by atomic mass is 79.9. The monoisotopic (exact) mass is 323 g/mol. The smallest absolute Gasteiger partial charge is 0.193 e. The number of hydrogen-bond acceptors (Lipinski definition) is 2. The van der Waals surface area contributed by atoms with E-state index in [2.05, 4.69) is 26.2 Å². The lowest BCUT2D eigenvalue weighted by atomic mass is 10.2. The molecule has 0 aliphatic rings. The van der Waals surface area contributed by atoms with E-state index in [4.69, 9.17) is 5.73 Å². The number of nitrogens with one attached hydrogen (secondary N) is 1. The quantitative estimate of drug-likeness (QED) is 0.667. The highest BCUT2D eigenvalue weighted by molar-refractivity contribution is 9.11. The predicted octanol–water partition coefficient (Wildman–Crippen LogP) is 3.75. The van der Waals surface area contributed by atoms with Gasteiger partial charge in [0.25, 0.3) is 0 Å². The van der Waals surface area contributed by atoms with Gasteiger partial charge in [-0.15, -0.1) is 11.3 Å². The number of nitrogens with zero attached hydrogens (tertiary/aromatic N) is 1. The summed E-state index contributed by atoms with van der Waals surface area (Å²) in [5.41, 5.74) is 7.99. The van der Waals surface area contributed by atoms with Crippen LogP contribution in [0.3, 0.4) is 0 Å². The van der Waals surface area contributed by atoms with Gasteiger partial charge in [0.15, 0.2) is 5.96 Å². The Morgan fingerprint density at radius 3 is 2.89 bits per heavy atom. The molecule has 0 fully saturated rings. The van der Waals surface area contributed by atoms with Crippen molar-refractivity contribution in [1.29, 1.82) is 0 Å². The molecular weight excluding hydrogens is 310 g/mol. The van der Waals surface area contributed by atoms with Crippen LogP contribution in [0.25, 0.3) is 0 Å². The van der Waals surface area contributed by atoms with E-state index in [9.17, 15) is 0 Å². The van der Waals surface area contributed by atoms with Crippen molar-refractivity contribution < 1.29 is 0 Å². The Hall–Kier alpha value is -1.33. The predicted molar refractivity (Wildman–Crippen MR) is 82.1 cm³/mol. The van der Waals surface area contributed by atoms with Crippen molar-refractivity contribution in [2.24, 2.45) is 10.7 Å². The Balaban J connectivity index is 1.97. The van der Waals surface area contributed by atoms with Crippen molar-refractivity contribution in [3.05, 3.63) is 50.6 Å². The number of anilines is 1. The maximum Gasteiger partial charge on any atom is 0.193 e. The number of thiophene rings is 1. The Labute approximate surface area is 119 Å². The molecule has 0 radical (unpaired) electrons. The average Bonchev–Trinajstić information content (AvgIpc) is 2.73. The Kier molecular flexibility index (Phi) is 4.38. The van der Waals surface area contributed by atoms with Crippen LogP contribution in [0.4, 0.5) is 5.69 Å². The van der Waals surface area contributed by atoms with Crippen molar-refractivity contribution in [2.75, 3.05) is 5.32 Å². The van der Waals surface area contributed by atoms with E-state index in [1.165, 1.54) is 10.4 Å². The Morgan fingerprint density at radius 1 is 1.39 bits per heavy atom. The van der Waals surface area contributed by atoms with Gasteiger partial charge in [0.2, 0.25) is 0 Å². The second-order valence-corrected chi connectivity index (χ2v) is 6.45. The molecule has 0 saturated carbocycles. The van der Waals surface area contributed by atoms with E-state index in [1.54, 1.807) is 11.3 Å². The number of hydrogen-bond donors (Lipinski definition) is 2. The summed E-state index contributed by atoms with van der Waals surface area (Å²) in [4.78, 5) is 5.48. The summed E-state index contributed by atoms with van der Waals surface area (Å²) in [6.07, 6.45) is 0. The molecule has 94 valence electrons. The van der Waals surface area contributed by atoms with Crippen molar-refractivity contribution in [3.63, 3.8) is 0 Å². The van der Waals surface area contributed by atoms with E-state index in [0.717, 1.165) is 9.47 Å². The fourth-order valence-corrected chi connectivity index (χ4v) is 2.92. The lowest BCUT2D eigenvalue weighted by Crippen LogP contribution is -2.22. The molecule has 18 heavy (non-hydrogen) atoms. The van der Waals surface area contributed by atoms with Crippen LogP contribution >= 0.6 is 27.3 Å². The highest BCUT2D eigenvalue weighted by Crippen LogP contribution is 2.22. The Bertz CT molecular complexity index is 563. The minimum Gasteiger partial charge on any atom is -0.370 e. The molecule has 1 aromatic carbocycles. The van der Waals surface area contributed by atoms with Crippen LogP contribution < -0.4 is 11.1 Å². The van der Waals surface area contributed by atoms with Crippen LogP contribution in [0.2, 0.25) is 0 Å². The van der Waals surface area contributed by atoms with Crippen molar-refractivity contribution in [3.8, 4) is 0 Å². The number of benzene rings is 1. The van der Waals surface area contributed by atoms with Crippen LogP contribution in [0.1, 0.15) is 10.4 Å². The third kappa shape index (κ3) is 3.85. The first-order valence-electron chi connectivity index (χ1n) is 5.51. The van der Waals surface area contributed by atoms with Gasteiger partial charge in [0.05, 0.1) is 10.3 Å². The molecule has 2 aromatic rings. The standard InChI is InChI=1S/C13H14BrN3S/c1-9-3-2-4-10(7-9)17-13(15)16-8-11-5-6-12(14)18-11/h2-7H,8H2,1H3,(H3,15,16,17). The van der Waals surface area contributed by atoms with Crippen LogP contribution in [0, 0.1) is 6.92 Å². The van der Waals surface area contributed by atoms with Crippen molar-refractivity contribution in [2.45, 2.75) is 13.5 Å². The summed E-state index contributed by atoms with van der Waals surface area (Å²) in [5, 5.41) is 3.08. The number of halogens is 1. The maximum absolute atomic E-state index is 5.84. The molecule has 3 nitrogen and oxygen atoms in total. The van der Waals surface area contributed by atoms with Crippen LogP contribution in [-0.4, -0.2) is 5.96 Å².